The van der Waals surface area contributed by atoms with Crippen molar-refractivity contribution < 1.29 is 0 Å². The van der Waals surface area contributed by atoms with Gasteiger partial charge in [-0.15, -0.1) is 0 Å². The van der Waals surface area contributed by atoms with E-state index in [1.807, 2.05) is 36.9 Å². The molecule has 130 valence electrons. The molecular weight excluding hydrogens is 344 g/mol. The molecular formula is C24H14N4. The molecule has 0 spiro atoms. The standard InChI is InChI=1S/C24H14N4/c1-3-15-5-7-19-17(9-13-27-23(19)21(15)25-11-1)18-10-14-28-24-20(18)8-6-16-4-2-12-26-22(16)24/h1-14H. The fraction of sp³-hybridized carbons (Fsp3) is 0. The summed E-state index contributed by atoms with van der Waals surface area (Å²) in [7, 11) is 0. The van der Waals surface area contributed by atoms with Crippen LogP contribution in [0.15, 0.2) is 85.5 Å². The third-order valence-corrected chi connectivity index (χ3v) is 5.26. The van der Waals surface area contributed by atoms with Crippen LogP contribution in [0.4, 0.5) is 0 Å². The smallest absolute Gasteiger partial charge is 0.0970 e. The molecule has 0 bridgehead atoms. The molecule has 28 heavy (non-hydrogen) atoms. The molecule has 0 aliphatic heterocycles. The highest BCUT2D eigenvalue weighted by molar-refractivity contribution is 6.13. The van der Waals surface area contributed by atoms with E-state index >= 15 is 0 Å². The minimum atomic E-state index is 0.916. The number of rotatable bonds is 1. The normalized spacial score (nSPS) is 11.6. The lowest BCUT2D eigenvalue weighted by Crippen LogP contribution is -1.91. The lowest BCUT2D eigenvalue weighted by Gasteiger charge is -2.11. The molecule has 0 fully saturated rings. The van der Waals surface area contributed by atoms with Gasteiger partial charge in [0, 0.05) is 46.3 Å². The van der Waals surface area contributed by atoms with Crippen molar-refractivity contribution in [1.29, 1.82) is 0 Å². The van der Waals surface area contributed by atoms with E-state index in [9.17, 15) is 0 Å². The Morgan fingerprint density at radius 3 is 1.36 bits per heavy atom. The Morgan fingerprint density at radius 2 is 0.857 bits per heavy atom. The van der Waals surface area contributed by atoms with Gasteiger partial charge in [0.2, 0.25) is 0 Å². The zero-order valence-electron chi connectivity index (χ0n) is 14.9. The summed E-state index contributed by atoms with van der Waals surface area (Å²) in [6.45, 7) is 0. The largest absolute Gasteiger partial charge is 0.254 e. The van der Waals surface area contributed by atoms with E-state index in [1.54, 1.807) is 0 Å². The van der Waals surface area contributed by atoms with E-state index in [2.05, 4.69) is 68.5 Å². The highest BCUT2D eigenvalue weighted by atomic mass is 14.7. The van der Waals surface area contributed by atoms with Gasteiger partial charge in [-0.05, 0) is 35.4 Å². The zero-order chi connectivity index (χ0) is 18.5. The summed E-state index contributed by atoms with van der Waals surface area (Å²) in [5.41, 5.74) is 5.93. The van der Waals surface area contributed by atoms with E-state index in [4.69, 9.17) is 0 Å². The molecule has 0 atom stereocenters. The van der Waals surface area contributed by atoms with Crippen molar-refractivity contribution in [2.24, 2.45) is 0 Å². The lowest BCUT2D eigenvalue weighted by molar-refractivity contribution is 1.36. The summed E-state index contributed by atoms with van der Waals surface area (Å²) in [5.74, 6) is 0. The summed E-state index contributed by atoms with van der Waals surface area (Å²) < 4.78 is 0. The van der Waals surface area contributed by atoms with Gasteiger partial charge in [0.25, 0.3) is 0 Å². The molecule has 4 heteroatoms. The van der Waals surface area contributed by atoms with Crippen LogP contribution in [0.25, 0.3) is 54.7 Å². The molecule has 2 aromatic carbocycles. The van der Waals surface area contributed by atoms with Crippen LogP contribution in [0.3, 0.4) is 0 Å². The van der Waals surface area contributed by atoms with Gasteiger partial charge in [0.1, 0.15) is 0 Å². The SMILES string of the molecule is c1cnc2c(c1)ccc1c(-c3ccnc4c3ccc3cccnc34)ccnc12. The molecule has 0 radical (unpaired) electrons. The minimum absolute atomic E-state index is 0.916. The summed E-state index contributed by atoms with van der Waals surface area (Å²) in [6, 6.07) is 20.6. The fourth-order valence-corrected chi connectivity index (χ4v) is 3.98. The predicted molar refractivity (Wildman–Crippen MR) is 113 cm³/mol. The summed E-state index contributed by atoms with van der Waals surface area (Å²) in [5, 5.41) is 4.36. The second-order valence-electron chi connectivity index (χ2n) is 6.79. The third kappa shape index (κ3) is 2.12. The van der Waals surface area contributed by atoms with Crippen molar-refractivity contribution in [3.05, 3.63) is 85.5 Å². The van der Waals surface area contributed by atoms with Gasteiger partial charge >= 0.3 is 0 Å². The van der Waals surface area contributed by atoms with E-state index < -0.39 is 0 Å². The first-order chi connectivity index (χ1) is 13.9. The number of benzene rings is 2. The Bertz CT molecular complexity index is 1400. The summed E-state index contributed by atoms with van der Waals surface area (Å²) >= 11 is 0. The van der Waals surface area contributed by atoms with E-state index in [-0.39, 0.29) is 0 Å². The van der Waals surface area contributed by atoms with E-state index in [0.29, 0.717) is 0 Å². The molecule has 6 aromatic rings. The summed E-state index contributed by atoms with van der Waals surface area (Å²) in [6.07, 6.45) is 7.35. The van der Waals surface area contributed by atoms with Crippen LogP contribution in [-0.2, 0) is 0 Å². The molecule has 0 saturated carbocycles. The van der Waals surface area contributed by atoms with E-state index in [1.165, 1.54) is 0 Å². The van der Waals surface area contributed by atoms with E-state index in [0.717, 1.165) is 54.7 Å². The lowest BCUT2D eigenvalue weighted by atomic mass is 9.96. The molecule has 0 unspecified atom stereocenters. The molecule has 0 aliphatic rings. The first-order valence-corrected chi connectivity index (χ1v) is 9.15. The molecule has 4 nitrogen and oxygen atoms in total. The second kappa shape index (κ2) is 5.79. The fourth-order valence-electron chi connectivity index (χ4n) is 3.98. The van der Waals surface area contributed by atoms with Gasteiger partial charge in [0.05, 0.1) is 22.1 Å². The topological polar surface area (TPSA) is 51.6 Å². The molecule has 6 rings (SSSR count). The van der Waals surface area contributed by atoms with Gasteiger partial charge in [-0.3, -0.25) is 19.9 Å². The van der Waals surface area contributed by atoms with Crippen LogP contribution in [-0.4, -0.2) is 19.9 Å². The van der Waals surface area contributed by atoms with Crippen molar-refractivity contribution in [3.63, 3.8) is 0 Å². The minimum Gasteiger partial charge on any atom is -0.254 e. The van der Waals surface area contributed by atoms with Crippen LogP contribution in [0.5, 0.6) is 0 Å². The molecule has 0 saturated heterocycles. The zero-order valence-corrected chi connectivity index (χ0v) is 14.9. The number of aromatic nitrogens is 4. The van der Waals surface area contributed by atoms with Crippen LogP contribution >= 0.6 is 0 Å². The van der Waals surface area contributed by atoms with Gasteiger partial charge in [-0.25, -0.2) is 0 Å². The Labute approximate surface area is 160 Å². The molecule has 0 N–H and O–H groups in total. The van der Waals surface area contributed by atoms with Crippen molar-refractivity contribution in [2.45, 2.75) is 0 Å². The Hall–Kier alpha value is -3.92. The van der Waals surface area contributed by atoms with Crippen molar-refractivity contribution in [2.75, 3.05) is 0 Å². The highest BCUT2D eigenvalue weighted by Crippen LogP contribution is 2.35. The van der Waals surface area contributed by atoms with Gasteiger partial charge in [-0.2, -0.15) is 0 Å². The first kappa shape index (κ1) is 15.2. The van der Waals surface area contributed by atoms with Crippen molar-refractivity contribution in [1.82, 2.24) is 19.9 Å². The van der Waals surface area contributed by atoms with Gasteiger partial charge in [0.15, 0.2) is 0 Å². The maximum Gasteiger partial charge on any atom is 0.0970 e. The summed E-state index contributed by atoms with van der Waals surface area (Å²) in [4.78, 5) is 18.4. The van der Waals surface area contributed by atoms with Crippen LogP contribution in [0.1, 0.15) is 0 Å². The highest BCUT2D eigenvalue weighted by Gasteiger charge is 2.13. The average molecular weight is 358 g/mol. The monoisotopic (exact) mass is 358 g/mol. The molecule has 0 amide bonds. The van der Waals surface area contributed by atoms with Crippen LogP contribution < -0.4 is 0 Å². The van der Waals surface area contributed by atoms with Gasteiger partial charge in [-0.1, -0.05) is 36.4 Å². The molecule has 4 heterocycles. The number of pyridine rings is 4. The second-order valence-corrected chi connectivity index (χ2v) is 6.79. The average Bonchev–Trinajstić information content (AvgIpc) is 2.78. The number of fused-ring (bicyclic) bond motifs is 6. The van der Waals surface area contributed by atoms with Crippen molar-refractivity contribution >= 4 is 43.6 Å². The van der Waals surface area contributed by atoms with Gasteiger partial charge < -0.3 is 0 Å². The maximum absolute atomic E-state index is 4.64. The van der Waals surface area contributed by atoms with Crippen LogP contribution in [0.2, 0.25) is 0 Å². The number of hydrogen-bond acceptors (Lipinski definition) is 4. The maximum atomic E-state index is 4.64. The van der Waals surface area contributed by atoms with Crippen molar-refractivity contribution in [3.8, 4) is 11.1 Å². The number of nitrogens with zero attached hydrogens (tertiary/aromatic N) is 4. The Balaban J connectivity index is 1.73. The third-order valence-electron chi connectivity index (χ3n) is 5.26. The quantitative estimate of drug-likeness (QED) is 0.362. The predicted octanol–water partition coefficient (Wildman–Crippen LogP) is 5.55. The first-order valence-electron chi connectivity index (χ1n) is 9.15. The van der Waals surface area contributed by atoms with Crippen LogP contribution in [0, 0.1) is 0 Å². The Morgan fingerprint density at radius 1 is 0.393 bits per heavy atom. The Kier molecular flexibility index (Phi) is 3.14. The number of hydrogen-bond donors (Lipinski definition) is 0. The molecule has 0 aliphatic carbocycles. The molecule has 4 aromatic heterocycles.